The van der Waals surface area contributed by atoms with E-state index in [2.05, 4.69) is 15.3 Å². The number of hydrogen-bond acceptors (Lipinski definition) is 8. The van der Waals surface area contributed by atoms with Gasteiger partial charge in [-0.1, -0.05) is 23.5 Å². The van der Waals surface area contributed by atoms with Crippen molar-refractivity contribution >= 4 is 40.3 Å². The summed E-state index contributed by atoms with van der Waals surface area (Å²) in [6.07, 6.45) is 1.84. The van der Waals surface area contributed by atoms with Gasteiger partial charge in [-0.05, 0) is 50.7 Å². The minimum atomic E-state index is -0.109. The van der Waals surface area contributed by atoms with Gasteiger partial charge in [-0.15, -0.1) is 5.10 Å². The first kappa shape index (κ1) is 19.8. The molecule has 2 aromatic rings. The highest BCUT2D eigenvalue weighted by atomic mass is 32.1. The summed E-state index contributed by atoms with van der Waals surface area (Å²) in [5.74, 6) is 0.568. The molecule has 9 heteroatoms. The molecule has 27 heavy (non-hydrogen) atoms. The van der Waals surface area contributed by atoms with Crippen LogP contribution in [-0.2, 0) is 16.2 Å². The summed E-state index contributed by atoms with van der Waals surface area (Å²) in [4.78, 5) is 14.2. The maximum absolute atomic E-state index is 12.0. The Balaban J connectivity index is 1.66. The smallest absolute Gasteiger partial charge is 0.310 e. The van der Waals surface area contributed by atoms with Gasteiger partial charge in [0.1, 0.15) is 5.75 Å². The standard InChI is InChI=1S/C18H24N4O3S2/c1-3-25-16(23)13-7-6-10-21(11-13)12-22-18(26)27-17(20-22)19-14-8-4-5-9-15(14)24-2/h4-5,8-9,13H,3,6-7,10-12H2,1-2H3,(H,19,20)/t13-/m0/s1. The van der Waals surface area contributed by atoms with Crippen LogP contribution in [0.1, 0.15) is 19.8 Å². The van der Waals surface area contributed by atoms with Gasteiger partial charge >= 0.3 is 5.97 Å². The van der Waals surface area contributed by atoms with E-state index in [1.54, 1.807) is 11.8 Å². The van der Waals surface area contributed by atoms with E-state index in [4.69, 9.17) is 21.7 Å². The zero-order valence-electron chi connectivity index (χ0n) is 15.5. The quantitative estimate of drug-likeness (QED) is 0.554. The van der Waals surface area contributed by atoms with Crippen molar-refractivity contribution in [3.05, 3.63) is 28.2 Å². The lowest BCUT2D eigenvalue weighted by Gasteiger charge is -2.31. The van der Waals surface area contributed by atoms with Crippen molar-refractivity contribution in [2.24, 2.45) is 5.92 Å². The number of piperidine rings is 1. The van der Waals surface area contributed by atoms with Crippen LogP contribution >= 0.6 is 23.6 Å². The van der Waals surface area contributed by atoms with Crippen LogP contribution in [0, 0.1) is 9.87 Å². The average Bonchev–Trinajstić information content (AvgIpc) is 3.01. The predicted molar refractivity (Wildman–Crippen MR) is 108 cm³/mol. The molecular weight excluding hydrogens is 384 g/mol. The first-order chi connectivity index (χ1) is 13.1. The van der Waals surface area contributed by atoms with Crippen molar-refractivity contribution < 1.29 is 14.3 Å². The number of nitrogens with one attached hydrogen (secondary N) is 1. The zero-order chi connectivity index (χ0) is 19.2. The fourth-order valence-electron chi connectivity index (χ4n) is 3.14. The van der Waals surface area contributed by atoms with Gasteiger partial charge in [0.2, 0.25) is 5.13 Å². The second-order valence-electron chi connectivity index (χ2n) is 6.31. The Bertz CT molecular complexity index is 836. The summed E-state index contributed by atoms with van der Waals surface area (Å²) < 4.78 is 13.0. The van der Waals surface area contributed by atoms with E-state index < -0.39 is 0 Å². The SMILES string of the molecule is CCOC(=O)[C@H]1CCCN(Cn2nc(Nc3ccccc3OC)sc2=S)C1. The van der Waals surface area contributed by atoms with Crippen LogP contribution in [0.5, 0.6) is 5.75 Å². The molecule has 1 fully saturated rings. The van der Waals surface area contributed by atoms with E-state index in [0.717, 1.165) is 30.8 Å². The highest BCUT2D eigenvalue weighted by Crippen LogP contribution is 2.28. The second-order valence-corrected chi connectivity index (χ2v) is 7.93. The normalized spacial score (nSPS) is 17.5. The lowest BCUT2D eigenvalue weighted by atomic mass is 9.99. The maximum atomic E-state index is 12.0. The third-order valence-electron chi connectivity index (χ3n) is 4.41. The van der Waals surface area contributed by atoms with E-state index in [0.29, 0.717) is 28.9 Å². The molecule has 1 aliphatic rings. The zero-order valence-corrected chi connectivity index (χ0v) is 17.1. The Kier molecular flexibility index (Phi) is 6.81. The van der Waals surface area contributed by atoms with Crippen LogP contribution in [0.2, 0.25) is 0 Å². The molecule has 1 saturated heterocycles. The number of carbonyl (C=O) groups excluding carboxylic acids is 1. The predicted octanol–water partition coefficient (Wildman–Crippen LogP) is 3.66. The molecule has 1 aliphatic heterocycles. The van der Waals surface area contributed by atoms with E-state index in [-0.39, 0.29) is 11.9 Å². The summed E-state index contributed by atoms with van der Waals surface area (Å²) in [5, 5.41) is 8.57. The van der Waals surface area contributed by atoms with Gasteiger partial charge in [0.15, 0.2) is 3.95 Å². The third kappa shape index (κ3) is 5.06. The first-order valence-electron chi connectivity index (χ1n) is 8.97. The lowest BCUT2D eigenvalue weighted by molar-refractivity contribution is -0.150. The number of ether oxygens (including phenoxy) is 2. The number of esters is 1. The number of anilines is 2. The van der Waals surface area contributed by atoms with Crippen molar-refractivity contribution in [1.82, 2.24) is 14.7 Å². The van der Waals surface area contributed by atoms with Crippen LogP contribution in [-0.4, -0.2) is 47.5 Å². The number of carbonyl (C=O) groups is 1. The van der Waals surface area contributed by atoms with Gasteiger partial charge in [-0.2, -0.15) is 0 Å². The van der Waals surface area contributed by atoms with Crippen LogP contribution in [0.3, 0.4) is 0 Å². The van der Waals surface area contributed by atoms with Crippen LogP contribution in [0.25, 0.3) is 0 Å². The molecule has 0 radical (unpaired) electrons. The fourth-order valence-corrected chi connectivity index (χ4v) is 4.14. The molecule has 0 saturated carbocycles. The molecule has 0 bridgehead atoms. The van der Waals surface area contributed by atoms with Gasteiger partial charge in [0.05, 0.1) is 32.0 Å². The van der Waals surface area contributed by atoms with Crippen molar-refractivity contribution in [2.75, 3.05) is 32.1 Å². The number of para-hydroxylation sites is 2. The number of aromatic nitrogens is 2. The Morgan fingerprint density at radius 2 is 2.26 bits per heavy atom. The Hall–Kier alpha value is -1.97. The number of hydrogen-bond donors (Lipinski definition) is 1. The highest BCUT2D eigenvalue weighted by molar-refractivity contribution is 7.73. The van der Waals surface area contributed by atoms with E-state index in [1.165, 1.54) is 11.3 Å². The van der Waals surface area contributed by atoms with Crippen LogP contribution < -0.4 is 10.1 Å². The van der Waals surface area contributed by atoms with Gasteiger partial charge in [0.25, 0.3) is 0 Å². The van der Waals surface area contributed by atoms with E-state index in [1.807, 2.05) is 31.2 Å². The number of likely N-dealkylation sites (tertiary alicyclic amines) is 1. The second kappa shape index (κ2) is 9.29. The van der Waals surface area contributed by atoms with Gasteiger partial charge in [-0.3, -0.25) is 9.69 Å². The van der Waals surface area contributed by atoms with Gasteiger partial charge in [0, 0.05) is 6.54 Å². The number of methoxy groups -OCH3 is 1. The minimum absolute atomic E-state index is 0.0716. The third-order valence-corrected chi connectivity index (χ3v) is 5.64. The molecule has 0 aliphatic carbocycles. The number of rotatable bonds is 7. The first-order valence-corrected chi connectivity index (χ1v) is 10.2. The van der Waals surface area contributed by atoms with Crippen LogP contribution in [0.15, 0.2) is 24.3 Å². The molecule has 1 aromatic carbocycles. The van der Waals surface area contributed by atoms with Crippen molar-refractivity contribution in [3.8, 4) is 5.75 Å². The minimum Gasteiger partial charge on any atom is -0.495 e. The van der Waals surface area contributed by atoms with Crippen molar-refractivity contribution in [1.29, 1.82) is 0 Å². The van der Waals surface area contributed by atoms with E-state index >= 15 is 0 Å². The molecule has 1 atom stereocenters. The molecule has 0 amide bonds. The summed E-state index contributed by atoms with van der Waals surface area (Å²) >= 11 is 6.88. The largest absolute Gasteiger partial charge is 0.495 e. The van der Waals surface area contributed by atoms with E-state index in [9.17, 15) is 4.79 Å². The molecule has 1 aromatic heterocycles. The highest BCUT2D eigenvalue weighted by Gasteiger charge is 2.27. The fraction of sp³-hybridized carbons (Fsp3) is 0.500. The molecule has 0 spiro atoms. The summed E-state index contributed by atoms with van der Waals surface area (Å²) in [6.45, 7) is 4.42. The maximum Gasteiger partial charge on any atom is 0.310 e. The topological polar surface area (TPSA) is 68.6 Å². The summed E-state index contributed by atoms with van der Waals surface area (Å²) in [6, 6.07) is 7.68. The molecule has 2 heterocycles. The van der Waals surface area contributed by atoms with Crippen LogP contribution in [0.4, 0.5) is 10.8 Å². The lowest BCUT2D eigenvalue weighted by Crippen LogP contribution is -2.40. The number of nitrogens with zero attached hydrogens (tertiary/aromatic N) is 3. The summed E-state index contributed by atoms with van der Waals surface area (Å²) in [7, 11) is 1.64. The van der Waals surface area contributed by atoms with Gasteiger partial charge < -0.3 is 14.8 Å². The Morgan fingerprint density at radius 1 is 1.44 bits per heavy atom. The summed E-state index contributed by atoms with van der Waals surface area (Å²) in [5.41, 5.74) is 0.844. The molecule has 1 N–H and O–H groups in total. The average molecular weight is 409 g/mol. The molecule has 7 nitrogen and oxygen atoms in total. The van der Waals surface area contributed by atoms with Crippen molar-refractivity contribution in [3.63, 3.8) is 0 Å². The molecular formula is C18H24N4O3S2. The monoisotopic (exact) mass is 408 g/mol. The number of benzene rings is 1. The molecule has 146 valence electrons. The Morgan fingerprint density at radius 3 is 3.04 bits per heavy atom. The molecule has 3 rings (SSSR count). The van der Waals surface area contributed by atoms with Gasteiger partial charge in [-0.25, -0.2) is 4.68 Å². The molecule has 0 unspecified atom stereocenters. The Labute approximate surface area is 167 Å². The van der Waals surface area contributed by atoms with Crippen molar-refractivity contribution in [2.45, 2.75) is 26.4 Å².